The van der Waals surface area contributed by atoms with E-state index in [4.69, 9.17) is 11.6 Å². The van der Waals surface area contributed by atoms with Gasteiger partial charge in [0.15, 0.2) is 5.82 Å². The van der Waals surface area contributed by atoms with E-state index >= 15 is 0 Å². The van der Waals surface area contributed by atoms with Gasteiger partial charge in [-0.2, -0.15) is 5.10 Å². The number of hydrogen-bond donors (Lipinski definition) is 1. The SMILES string of the molecule is Cn1cnc(CCNCc2c(F)cccc2Cl)n1. The summed E-state index contributed by atoms with van der Waals surface area (Å²) in [6.07, 6.45) is 2.36. The van der Waals surface area contributed by atoms with Crippen molar-refractivity contribution < 1.29 is 4.39 Å². The Morgan fingerprint density at radius 3 is 2.94 bits per heavy atom. The van der Waals surface area contributed by atoms with Crippen LogP contribution in [0.5, 0.6) is 0 Å². The molecule has 6 heteroatoms. The van der Waals surface area contributed by atoms with E-state index in [9.17, 15) is 4.39 Å². The van der Waals surface area contributed by atoms with Gasteiger partial charge in [-0.15, -0.1) is 0 Å². The molecule has 2 rings (SSSR count). The van der Waals surface area contributed by atoms with Crippen LogP contribution in [0.15, 0.2) is 24.5 Å². The second-order valence-electron chi connectivity index (χ2n) is 3.96. The van der Waals surface area contributed by atoms with Crippen molar-refractivity contribution in [3.05, 3.63) is 46.8 Å². The summed E-state index contributed by atoms with van der Waals surface area (Å²) < 4.78 is 15.1. The second-order valence-corrected chi connectivity index (χ2v) is 4.37. The second kappa shape index (κ2) is 5.93. The fourth-order valence-corrected chi connectivity index (χ4v) is 1.84. The van der Waals surface area contributed by atoms with Gasteiger partial charge in [-0.1, -0.05) is 17.7 Å². The van der Waals surface area contributed by atoms with Crippen molar-refractivity contribution >= 4 is 11.6 Å². The lowest BCUT2D eigenvalue weighted by atomic mass is 10.2. The quantitative estimate of drug-likeness (QED) is 0.843. The molecule has 0 aliphatic rings. The van der Waals surface area contributed by atoms with E-state index in [-0.39, 0.29) is 5.82 Å². The highest BCUT2D eigenvalue weighted by Gasteiger charge is 2.06. The summed E-state index contributed by atoms with van der Waals surface area (Å²) in [7, 11) is 1.82. The van der Waals surface area contributed by atoms with Crippen LogP contribution >= 0.6 is 11.6 Å². The van der Waals surface area contributed by atoms with Gasteiger partial charge in [0.25, 0.3) is 0 Å². The van der Waals surface area contributed by atoms with Crippen molar-refractivity contribution in [3.8, 4) is 0 Å². The lowest BCUT2D eigenvalue weighted by molar-refractivity contribution is 0.586. The predicted octanol–water partition coefficient (Wildman–Crippen LogP) is 1.94. The molecule has 0 saturated carbocycles. The summed E-state index contributed by atoms with van der Waals surface area (Å²) in [5, 5.41) is 7.73. The zero-order chi connectivity index (χ0) is 13.0. The number of benzene rings is 1. The Hall–Kier alpha value is -1.46. The first-order chi connectivity index (χ1) is 8.66. The molecule has 0 aliphatic carbocycles. The molecule has 1 aromatic carbocycles. The Kier molecular flexibility index (Phi) is 4.28. The van der Waals surface area contributed by atoms with E-state index in [2.05, 4.69) is 15.4 Å². The van der Waals surface area contributed by atoms with Crippen molar-refractivity contribution in [2.75, 3.05) is 6.54 Å². The molecule has 0 atom stereocenters. The maximum atomic E-state index is 13.5. The number of rotatable bonds is 5. The number of nitrogens with one attached hydrogen (secondary N) is 1. The first-order valence-corrected chi connectivity index (χ1v) is 6.02. The van der Waals surface area contributed by atoms with Gasteiger partial charge < -0.3 is 5.32 Å². The summed E-state index contributed by atoms with van der Waals surface area (Å²) >= 11 is 5.92. The highest BCUT2D eigenvalue weighted by Crippen LogP contribution is 2.18. The summed E-state index contributed by atoms with van der Waals surface area (Å²) in [6.45, 7) is 1.08. The molecule has 2 aromatic rings. The molecule has 0 saturated heterocycles. The van der Waals surface area contributed by atoms with Gasteiger partial charge in [-0.05, 0) is 12.1 Å². The van der Waals surface area contributed by atoms with Gasteiger partial charge in [-0.3, -0.25) is 4.68 Å². The average molecular weight is 269 g/mol. The minimum atomic E-state index is -0.286. The molecule has 0 radical (unpaired) electrons. The van der Waals surface area contributed by atoms with Crippen LogP contribution in [0, 0.1) is 5.82 Å². The van der Waals surface area contributed by atoms with Gasteiger partial charge in [0.05, 0.1) is 0 Å². The number of aromatic nitrogens is 3. The topological polar surface area (TPSA) is 42.7 Å². The van der Waals surface area contributed by atoms with Crippen LogP contribution in [-0.2, 0) is 20.0 Å². The van der Waals surface area contributed by atoms with Gasteiger partial charge >= 0.3 is 0 Å². The zero-order valence-corrected chi connectivity index (χ0v) is 10.8. The molecular weight excluding hydrogens is 255 g/mol. The number of hydrogen-bond acceptors (Lipinski definition) is 3. The molecule has 0 spiro atoms. The molecule has 0 bridgehead atoms. The van der Waals surface area contributed by atoms with Crippen molar-refractivity contribution in [3.63, 3.8) is 0 Å². The minimum Gasteiger partial charge on any atom is -0.312 e. The molecule has 18 heavy (non-hydrogen) atoms. The largest absolute Gasteiger partial charge is 0.312 e. The maximum Gasteiger partial charge on any atom is 0.151 e. The lowest BCUT2D eigenvalue weighted by Crippen LogP contribution is -2.18. The minimum absolute atomic E-state index is 0.286. The predicted molar refractivity (Wildman–Crippen MR) is 67.8 cm³/mol. The van der Waals surface area contributed by atoms with Gasteiger partial charge in [0, 0.05) is 37.1 Å². The van der Waals surface area contributed by atoms with Crippen molar-refractivity contribution in [1.82, 2.24) is 20.1 Å². The summed E-state index contributed by atoms with van der Waals surface area (Å²) in [5.74, 6) is 0.482. The fourth-order valence-electron chi connectivity index (χ4n) is 1.61. The molecule has 4 nitrogen and oxygen atoms in total. The van der Waals surface area contributed by atoms with E-state index in [0.29, 0.717) is 30.1 Å². The normalized spacial score (nSPS) is 10.8. The summed E-state index contributed by atoms with van der Waals surface area (Å²) in [6, 6.07) is 4.68. The van der Waals surface area contributed by atoms with E-state index in [1.165, 1.54) is 6.07 Å². The fraction of sp³-hybridized carbons (Fsp3) is 0.333. The van der Waals surface area contributed by atoms with Crippen molar-refractivity contribution in [2.24, 2.45) is 7.05 Å². The standard InChI is InChI=1S/C12H14ClFN4/c1-18-8-16-12(17-18)5-6-15-7-9-10(13)3-2-4-11(9)14/h2-4,8,15H,5-7H2,1H3. The summed E-state index contributed by atoms with van der Waals surface area (Å²) in [4.78, 5) is 4.11. The van der Waals surface area contributed by atoms with Gasteiger partial charge in [-0.25, -0.2) is 9.37 Å². The van der Waals surface area contributed by atoms with Crippen LogP contribution in [0.25, 0.3) is 0 Å². The smallest absolute Gasteiger partial charge is 0.151 e. The number of halogens is 2. The molecule has 1 aromatic heterocycles. The molecule has 1 heterocycles. The molecule has 96 valence electrons. The monoisotopic (exact) mass is 268 g/mol. The van der Waals surface area contributed by atoms with Crippen LogP contribution in [0.3, 0.4) is 0 Å². The molecule has 1 N–H and O–H groups in total. The van der Waals surface area contributed by atoms with E-state index < -0.39 is 0 Å². The van der Waals surface area contributed by atoms with Gasteiger partial charge in [0.1, 0.15) is 12.1 Å². The third-order valence-electron chi connectivity index (χ3n) is 2.54. The first kappa shape index (κ1) is 13.0. The Morgan fingerprint density at radius 1 is 1.44 bits per heavy atom. The Bertz CT molecular complexity index is 506. The van der Waals surface area contributed by atoms with Crippen molar-refractivity contribution in [2.45, 2.75) is 13.0 Å². The maximum absolute atomic E-state index is 13.5. The van der Waals surface area contributed by atoms with Crippen LogP contribution in [0.4, 0.5) is 4.39 Å². The molecule has 0 fully saturated rings. The van der Waals surface area contributed by atoms with Gasteiger partial charge in [0.2, 0.25) is 0 Å². The Balaban J connectivity index is 1.82. The van der Waals surface area contributed by atoms with E-state index in [0.717, 1.165) is 5.82 Å². The zero-order valence-electron chi connectivity index (χ0n) is 10.0. The third kappa shape index (κ3) is 3.27. The highest BCUT2D eigenvalue weighted by molar-refractivity contribution is 6.31. The molecule has 0 unspecified atom stereocenters. The van der Waals surface area contributed by atoms with Crippen LogP contribution < -0.4 is 5.32 Å². The first-order valence-electron chi connectivity index (χ1n) is 5.65. The molecular formula is C12H14ClFN4. The Labute approximate surface area is 110 Å². The van der Waals surface area contributed by atoms with Crippen LogP contribution in [-0.4, -0.2) is 21.3 Å². The summed E-state index contributed by atoms with van der Waals surface area (Å²) in [5.41, 5.74) is 0.494. The van der Waals surface area contributed by atoms with E-state index in [1.807, 2.05) is 7.05 Å². The number of nitrogens with zero attached hydrogens (tertiary/aromatic N) is 3. The van der Waals surface area contributed by atoms with Crippen LogP contribution in [0.2, 0.25) is 5.02 Å². The van der Waals surface area contributed by atoms with E-state index in [1.54, 1.807) is 23.1 Å². The lowest BCUT2D eigenvalue weighted by Gasteiger charge is -2.06. The molecule has 0 aliphatic heterocycles. The van der Waals surface area contributed by atoms with Crippen LogP contribution in [0.1, 0.15) is 11.4 Å². The average Bonchev–Trinajstić information content (AvgIpc) is 2.73. The number of aryl methyl sites for hydroxylation is 1. The van der Waals surface area contributed by atoms with Crippen molar-refractivity contribution in [1.29, 1.82) is 0 Å². The Morgan fingerprint density at radius 2 is 2.28 bits per heavy atom. The third-order valence-corrected chi connectivity index (χ3v) is 2.89. The molecule has 0 amide bonds. The highest BCUT2D eigenvalue weighted by atomic mass is 35.5.